The van der Waals surface area contributed by atoms with Crippen molar-refractivity contribution in [3.63, 3.8) is 0 Å². The smallest absolute Gasteiger partial charge is 0.216 e. The highest BCUT2D eigenvalue weighted by molar-refractivity contribution is 5.72. The van der Waals surface area contributed by atoms with Gasteiger partial charge in [-0.25, -0.2) is 0 Å². The van der Waals surface area contributed by atoms with Crippen molar-refractivity contribution < 1.29 is 17.2 Å². The maximum atomic E-state index is 10.5. The molecule has 112 valence electrons. The van der Waals surface area contributed by atoms with Crippen LogP contribution in [0.5, 0.6) is 0 Å². The van der Waals surface area contributed by atoms with E-state index in [1.165, 1.54) is 13.8 Å². The van der Waals surface area contributed by atoms with Crippen LogP contribution >= 0.6 is 0 Å². The molecule has 2 N–H and O–H groups in total. The summed E-state index contributed by atoms with van der Waals surface area (Å²) in [6, 6.07) is 0. The van der Waals surface area contributed by atoms with Gasteiger partial charge in [-0.3, -0.25) is 9.59 Å². The van der Waals surface area contributed by atoms with Crippen molar-refractivity contribution in [3.8, 4) is 0 Å². The van der Waals surface area contributed by atoms with E-state index in [4.69, 9.17) is 4.74 Å². The first kappa shape index (κ1) is 19.2. The number of rotatable bonds is 9. The minimum atomic E-state index is -0.0288. The van der Waals surface area contributed by atoms with E-state index in [0.717, 1.165) is 25.8 Å². The topological polar surface area (TPSA) is 67.4 Å². The molecule has 5 nitrogen and oxygen atoms in total. The summed E-state index contributed by atoms with van der Waals surface area (Å²) >= 11 is 0. The Labute approximate surface area is 114 Å². The predicted molar refractivity (Wildman–Crippen MR) is 77.6 cm³/mol. The lowest BCUT2D eigenvalue weighted by Gasteiger charge is -2.05. The lowest BCUT2D eigenvalue weighted by atomic mass is 10.2. The third-order valence-corrected chi connectivity index (χ3v) is 1.96. The Bertz CT molecular complexity index is 196. The fourth-order valence-electron chi connectivity index (χ4n) is 1.17. The molecule has 0 atom stereocenters. The fourth-order valence-corrected chi connectivity index (χ4v) is 1.17. The van der Waals surface area contributed by atoms with Gasteiger partial charge in [0.15, 0.2) is 0 Å². The van der Waals surface area contributed by atoms with Gasteiger partial charge < -0.3 is 15.4 Å². The van der Waals surface area contributed by atoms with Gasteiger partial charge in [-0.05, 0) is 19.3 Å². The third-order valence-electron chi connectivity index (χ3n) is 1.96. The van der Waals surface area contributed by atoms with Crippen molar-refractivity contribution in [3.05, 3.63) is 0 Å². The summed E-state index contributed by atoms with van der Waals surface area (Å²) < 4.78 is 5.31. The third kappa shape index (κ3) is 20.3. The van der Waals surface area contributed by atoms with Crippen molar-refractivity contribution in [1.29, 1.82) is 0 Å². The van der Waals surface area contributed by atoms with Crippen LogP contribution < -0.4 is 10.6 Å². The summed E-state index contributed by atoms with van der Waals surface area (Å²) in [7, 11) is 0. The summed E-state index contributed by atoms with van der Waals surface area (Å²) in [4.78, 5) is 21.0. The van der Waals surface area contributed by atoms with Crippen molar-refractivity contribution in [1.82, 2.24) is 10.6 Å². The number of carbonyl (C=O) groups excluding carboxylic acids is 2. The van der Waals surface area contributed by atoms with Crippen molar-refractivity contribution in [2.45, 2.75) is 47.0 Å². The van der Waals surface area contributed by atoms with Crippen LogP contribution in [0.3, 0.4) is 0 Å². The molecule has 0 unspecified atom stereocenters. The SMILES string of the molecule is CC.CC(=O)NCCCCCOCCNC(C)=O.[HH].[HH]. The molecule has 0 fully saturated rings. The highest BCUT2D eigenvalue weighted by atomic mass is 16.5. The van der Waals surface area contributed by atoms with Crippen molar-refractivity contribution >= 4 is 11.8 Å². The van der Waals surface area contributed by atoms with E-state index in [0.29, 0.717) is 19.8 Å². The molecule has 0 saturated carbocycles. The second-order valence-electron chi connectivity index (χ2n) is 3.64. The molecule has 0 aliphatic heterocycles. The van der Waals surface area contributed by atoms with E-state index < -0.39 is 0 Å². The maximum Gasteiger partial charge on any atom is 0.216 e. The van der Waals surface area contributed by atoms with Gasteiger partial charge in [-0.15, -0.1) is 0 Å². The van der Waals surface area contributed by atoms with Crippen LogP contribution in [0.25, 0.3) is 0 Å². The Kier molecular flexibility index (Phi) is 17.0. The average molecular weight is 264 g/mol. The fraction of sp³-hybridized carbons (Fsp3) is 0.846. The Morgan fingerprint density at radius 1 is 0.889 bits per heavy atom. The molecular formula is C13H32N2O3. The first-order chi connectivity index (χ1) is 8.63. The quantitative estimate of drug-likeness (QED) is 0.626. The van der Waals surface area contributed by atoms with Crippen LogP contribution in [-0.2, 0) is 14.3 Å². The van der Waals surface area contributed by atoms with Crippen molar-refractivity contribution in [2.75, 3.05) is 26.3 Å². The number of amides is 2. The molecule has 0 aromatic heterocycles. The molecule has 0 spiro atoms. The van der Waals surface area contributed by atoms with Crippen LogP contribution in [-0.4, -0.2) is 38.1 Å². The number of ether oxygens (including phenoxy) is 1. The van der Waals surface area contributed by atoms with E-state index in [1.807, 2.05) is 13.8 Å². The monoisotopic (exact) mass is 264 g/mol. The number of nitrogens with one attached hydrogen (secondary N) is 2. The van der Waals surface area contributed by atoms with E-state index >= 15 is 0 Å². The van der Waals surface area contributed by atoms with Gasteiger partial charge in [-0.1, -0.05) is 13.8 Å². The predicted octanol–water partition coefficient (Wildman–Crippen LogP) is 1.96. The average Bonchev–Trinajstić information content (AvgIpc) is 2.33. The van der Waals surface area contributed by atoms with E-state index in [9.17, 15) is 9.59 Å². The van der Waals surface area contributed by atoms with Gasteiger partial charge in [-0.2, -0.15) is 0 Å². The summed E-state index contributed by atoms with van der Waals surface area (Å²) in [6.45, 7) is 9.58. The summed E-state index contributed by atoms with van der Waals surface area (Å²) in [5.74, 6) is -0.00883. The van der Waals surface area contributed by atoms with Gasteiger partial charge in [0.1, 0.15) is 0 Å². The van der Waals surface area contributed by atoms with Crippen molar-refractivity contribution in [2.24, 2.45) is 0 Å². The Hall–Kier alpha value is -1.10. The van der Waals surface area contributed by atoms with Crippen LogP contribution in [0, 0.1) is 0 Å². The van der Waals surface area contributed by atoms with Gasteiger partial charge in [0.25, 0.3) is 0 Å². The molecule has 0 aliphatic rings. The molecule has 0 radical (unpaired) electrons. The highest BCUT2D eigenvalue weighted by Crippen LogP contribution is 1.94. The van der Waals surface area contributed by atoms with E-state index in [-0.39, 0.29) is 14.7 Å². The lowest BCUT2D eigenvalue weighted by Crippen LogP contribution is -2.24. The van der Waals surface area contributed by atoms with Gasteiger partial charge >= 0.3 is 0 Å². The molecule has 0 bridgehead atoms. The zero-order chi connectivity index (χ0) is 14.2. The maximum absolute atomic E-state index is 10.5. The molecule has 2 amide bonds. The number of carbonyl (C=O) groups is 2. The molecule has 18 heavy (non-hydrogen) atoms. The molecule has 0 heterocycles. The standard InChI is InChI=1S/C11H22N2O3.C2H6.2H2/c1-10(14)12-6-4-3-5-8-16-9-7-13-11(2)15;1-2;;/h3-9H2,1-2H3,(H,12,14)(H,13,15);1-2H3;2*1H. The second-order valence-corrected chi connectivity index (χ2v) is 3.64. The summed E-state index contributed by atoms with van der Waals surface area (Å²) in [5.41, 5.74) is 0. The number of unbranched alkanes of at least 4 members (excludes halogenated alkanes) is 2. The summed E-state index contributed by atoms with van der Waals surface area (Å²) in [6.07, 6.45) is 3.01. The highest BCUT2D eigenvalue weighted by Gasteiger charge is 1.93. The zero-order valence-electron chi connectivity index (χ0n) is 12.2. The molecule has 5 heteroatoms. The number of hydrogen-bond acceptors (Lipinski definition) is 3. The van der Waals surface area contributed by atoms with Crippen LogP contribution in [0.2, 0.25) is 0 Å². The second kappa shape index (κ2) is 15.9. The first-order valence-electron chi connectivity index (χ1n) is 6.69. The molecule has 0 aliphatic carbocycles. The normalized spacial score (nSPS) is 9.11. The van der Waals surface area contributed by atoms with Gasteiger partial charge in [0, 0.05) is 36.4 Å². The van der Waals surface area contributed by atoms with Gasteiger partial charge in [0.05, 0.1) is 6.61 Å². The van der Waals surface area contributed by atoms with Gasteiger partial charge in [0.2, 0.25) is 11.8 Å². The molecule has 0 saturated heterocycles. The molecule has 0 aromatic rings. The van der Waals surface area contributed by atoms with E-state index in [1.54, 1.807) is 0 Å². The molecule has 0 aromatic carbocycles. The van der Waals surface area contributed by atoms with Crippen LogP contribution in [0.15, 0.2) is 0 Å². The minimum absolute atomic E-state index is 0. The lowest BCUT2D eigenvalue weighted by molar-refractivity contribution is -0.120. The first-order valence-corrected chi connectivity index (χ1v) is 6.69. The molecular weight excluding hydrogens is 232 g/mol. The van der Waals surface area contributed by atoms with Crippen LogP contribution in [0.1, 0.15) is 49.8 Å². The Morgan fingerprint density at radius 3 is 2.00 bits per heavy atom. The zero-order valence-corrected chi connectivity index (χ0v) is 12.2. The Balaban J connectivity index is -0.000000304. The largest absolute Gasteiger partial charge is 0.380 e. The molecule has 0 rings (SSSR count). The van der Waals surface area contributed by atoms with Crippen LogP contribution in [0.4, 0.5) is 0 Å². The Morgan fingerprint density at radius 2 is 1.44 bits per heavy atom. The number of hydrogen-bond donors (Lipinski definition) is 2. The van der Waals surface area contributed by atoms with E-state index in [2.05, 4.69) is 10.6 Å². The summed E-state index contributed by atoms with van der Waals surface area (Å²) in [5, 5.41) is 5.40. The minimum Gasteiger partial charge on any atom is -0.380 e.